The number of nitrogens with zero attached hydrogens (tertiary/aromatic N) is 1. The van der Waals surface area contributed by atoms with Crippen molar-refractivity contribution in [3.63, 3.8) is 0 Å². The van der Waals surface area contributed by atoms with Crippen LogP contribution < -0.4 is 9.64 Å². The summed E-state index contributed by atoms with van der Waals surface area (Å²) in [7, 11) is 0. The summed E-state index contributed by atoms with van der Waals surface area (Å²) in [5.41, 5.74) is 3.15. The van der Waals surface area contributed by atoms with E-state index in [1.807, 2.05) is 32.0 Å². The Balaban J connectivity index is 1.31. The minimum Gasteiger partial charge on any atom is -0.457 e. The number of ketones is 1. The molecule has 0 radical (unpaired) electrons. The molecule has 0 saturated carbocycles. The van der Waals surface area contributed by atoms with Gasteiger partial charge in [-0.1, -0.05) is 35.3 Å². The largest absolute Gasteiger partial charge is 0.457 e. The minimum absolute atomic E-state index is 0.0259. The van der Waals surface area contributed by atoms with E-state index < -0.39 is 30.2 Å². The van der Waals surface area contributed by atoms with Crippen LogP contribution in [0.3, 0.4) is 0 Å². The van der Waals surface area contributed by atoms with Gasteiger partial charge in [0.25, 0.3) is 0 Å². The highest BCUT2D eigenvalue weighted by molar-refractivity contribution is 6.36. The fourth-order valence-electron chi connectivity index (χ4n) is 3.97. The smallest absolute Gasteiger partial charge is 0.345 e. The maximum Gasteiger partial charge on any atom is 0.345 e. The quantitative estimate of drug-likeness (QED) is 0.220. The van der Waals surface area contributed by atoms with E-state index in [2.05, 4.69) is 0 Å². The summed E-state index contributed by atoms with van der Waals surface area (Å²) in [6, 6.07) is 16.1. The molecule has 3 aromatic carbocycles. The van der Waals surface area contributed by atoms with Gasteiger partial charge >= 0.3 is 11.9 Å². The van der Waals surface area contributed by atoms with Crippen molar-refractivity contribution in [2.45, 2.75) is 20.3 Å². The van der Waals surface area contributed by atoms with Crippen molar-refractivity contribution in [3.8, 4) is 5.75 Å². The maximum absolute atomic E-state index is 12.6. The highest BCUT2D eigenvalue weighted by Gasteiger charge is 2.37. The van der Waals surface area contributed by atoms with Crippen LogP contribution in [0.1, 0.15) is 38.3 Å². The van der Waals surface area contributed by atoms with E-state index in [-0.39, 0.29) is 40.8 Å². The molecule has 9 heteroatoms. The first-order valence-electron chi connectivity index (χ1n) is 11.5. The second kappa shape index (κ2) is 11.2. The second-order valence-corrected chi connectivity index (χ2v) is 9.61. The first-order valence-corrected chi connectivity index (χ1v) is 12.2. The number of benzene rings is 3. The molecule has 0 bridgehead atoms. The van der Waals surface area contributed by atoms with Gasteiger partial charge in [-0.25, -0.2) is 4.79 Å². The van der Waals surface area contributed by atoms with Crippen LogP contribution in [0, 0.1) is 19.8 Å². The summed E-state index contributed by atoms with van der Waals surface area (Å²) in [5.74, 6) is -2.30. The highest BCUT2D eigenvalue weighted by atomic mass is 35.5. The first-order chi connectivity index (χ1) is 17.6. The molecule has 1 atom stereocenters. The molecule has 1 fully saturated rings. The molecule has 4 rings (SSSR count). The van der Waals surface area contributed by atoms with Gasteiger partial charge in [-0.3, -0.25) is 14.4 Å². The lowest BCUT2D eigenvalue weighted by molar-refractivity contribution is -0.147. The number of hydrogen-bond donors (Lipinski definition) is 0. The molecular formula is C28H23Cl2NO6. The van der Waals surface area contributed by atoms with E-state index in [1.165, 1.54) is 42.5 Å². The Morgan fingerprint density at radius 2 is 1.70 bits per heavy atom. The van der Waals surface area contributed by atoms with Crippen molar-refractivity contribution in [2.24, 2.45) is 5.92 Å². The summed E-state index contributed by atoms with van der Waals surface area (Å²) in [6.45, 7) is 3.58. The number of aryl methyl sites for hydroxylation is 2. The summed E-state index contributed by atoms with van der Waals surface area (Å²) in [5, 5.41) is 0.551. The summed E-state index contributed by atoms with van der Waals surface area (Å²) < 4.78 is 10.5. The Kier molecular flexibility index (Phi) is 7.95. The predicted molar refractivity (Wildman–Crippen MR) is 140 cm³/mol. The number of carbonyl (C=O) groups is 4. The normalized spacial score (nSPS) is 15.0. The predicted octanol–water partition coefficient (Wildman–Crippen LogP) is 5.61. The van der Waals surface area contributed by atoms with Gasteiger partial charge in [-0.05, 0) is 73.5 Å². The molecule has 37 heavy (non-hydrogen) atoms. The molecule has 0 N–H and O–H groups in total. The fourth-order valence-corrected chi connectivity index (χ4v) is 4.46. The average Bonchev–Trinajstić information content (AvgIpc) is 3.25. The fraction of sp³-hybridized carbons (Fsp3) is 0.214. The number of amides is 1. The number of esters is 2. The Hall–Kier alpha value is -3.68. The van der Waals surface area contributed by atoms with Crippen LogP contribution in [0.5, 0.6) is 5.75 Å². The van der Waals surface area contributed by atoms with Crippen LogP contribution in [0.15, 0.2) is 60.7 Å². The lowest BCUT2D eigenvalue weighted by atomic mass is 10.1. The summed E-state index contributed by atoms with van der Waals surface area (Å²) in [6.07, 6.45) is 0.0259. The highest BCUT2D eigenvalue weighted by Crippen LogP contribution is 2.29. The second-order valence-electron chi connectivity index (χ2n) is 8.76. The van der Waals surface area contributed by atoms with E-state index in [0.717, 1.165) is 16.8 Å². The molecule has 0 spiro atoms. The van der Waals surface area contributed by atoms with Gasteiger partial charge in [-0.2, -0.15) is 0 Å². The molecule has 1 amide bonds. The monoisotopic (exact) mass is 539 g/mol. The molecule has 1 unspecified atom stereocenters. The third kappa shape index (κ3) is 6.18. The van der Waals surface area contributed by atoms with Gasteiger partial charge < -0.3 is 14.4 Å². The zero-order valence-electron chi connectivity index (χ0n) is 20.1. The number of halogens is 2. The first kappa shape index (κ1) is 26.4. The Labute approximate surface area is 223 Å². The number of ether oxygens (including phenoxy) is 2. The van der Waals surface area contributed by atoms with E-state index in [9.17, 15) is 19.2 Å². The van der Waals surface area contributed by atoms with E-state index in [1.54, 1.807) is 4.90 Å². The number of rotatable bonds is 7. The van der Waals surface area contributed by atoms with Crippen LogP contribution in [-0.2, 0) is 14.3 Å². The lowest BCUT2D eigenvalue weighted by Crippen LogP contribution is -2.27. The molecular weight excluding hydrogens is 517 g/mol. The number of Topliss-reactive ketones (excluding diaryl/α,β-unsaturated/α-hetero) is 1. The van der Waals surface area contributed by atoms with Crippen molar-refractivity contribution >= 4 is 52.5 Å². The number of anilines is 1. The Morgan fingerprint density at radius 3 is 2.41 bits per heavy atom. The van der Waals surface area contributed by atoms with Crippen LogP contribution in [0.2, 0.25) is 10.0 Å². The lowest BCUT2D eigenvalue weighted by Gasteiger charge is -2.19. The van der Waals surface area contributed by atoms with E-state index in [0.29, 0.717) is 5.02 Å². The topological polar surface area (TPSA) is 90.0 Å². The summed E-state index contributed by atoms with van der Waals surface area (Å²) in [4.78, 5) is 51.6. The number of carbonyl (C=O) groups excluding carboxylic acids is 4. The van der Waals surface area contributed by atoms with Gasteiger partial charge in [0.2, 0.25) is 5.91 Å². The molecule has 1 aliphatic rings. The summed E-state index contributed by atoms with van der Waals surface area (Å²) >= 11 is 11.9. The van der Waals surface area contributed by atoms with Crippen molar-refractivity contribution < 1.29 is 28.7 Å². The molecule has 7 nitrogen and oxygen atoms in total. The van der Waals surface area contributed by atoms with Crippen LogP contribution >= 0.6 is 23.2 Å². The average molecular weight is 540 g/mol. The van der Waals surface area contributed by atoms with Crippen molar-refractivity contribution in [1.82, 2.24) is 0 Å². The zero-order chi connectivity index (χ0) is 26.7. The van der Waals surface area contributed by atoms with Crippen molar-refractivity contribution in [3.05, 3.63) is 93.0 Å². The van der Waals surface area contributed by atoms with Gasteiger partial charge in [0.1, 0.15) is 5.75 Å². The van der Waals surface area contributed by atoms with Gasteiger partial charge in [-0.15, -0.1) is 0 Å². The van der Waals surface area contributed by atoms with Gasteiger partial charge in [0, 0.05) is 29.2 Å². The SMILES string of the molecule is Cc1ccc(C)c(N2CC(C(=O)OCC(=O)c3ccc(OC(=O)c4ccc(Cl)cc4Cl)cc3)CC2=O)c1. The zero-order valence-corrected chi connectivity index (χ0v) is 21.6. The molecule has 3 aromatic rings. The van der Waals surface area contributed by atoms with E-state index in [4.69, 9.17) is 32.7 Å². The third-order valence-electron chi connectivity index (χ3n) is 6.00. The van der Waals surface area contributed by atoms with E-state index >= 15 is 0 Å². The molecule has 0 aliphatic carbocycles. The molecule has 0 aromatic heterocycles. The molecule has 1 heterocycles. The molecule has 1 aliphatic heterocycles. The standard InChI is InChI=1S/C28H23Cl2NO6/c1-16-3-4-17(2)24(11-16)31-14-19(12-26(31)33)27(34)36-15-25(32)18-5-8-21(9-6-18)37-28(35)22-10-7-20(29)13-23(22)30/h3-11,13,19H,12,14-15H2,1-2H3. The van der Waals surface area contributed by atoms with Crippen LogP contribution in [0.4, 0.5) is 5.69 Å². The Bertz CT molecular complexity index is 1390. The Morgan fingerprint density at radius 1 is 0.973 bits per heavy atom. The molecule has 1 saturated heterocycles. The van der Waals surface area contributed by atoms with Gasteiger partial charge in [0.15, 0.2) is 12.4 Å². The van der Waals surface area contributed by atoms with Crippen LogP contribution in [-0.4, -0.2) is 36.8 Å². The molecule has 190 valence electrons. The maximum atomic E-state index is 12.6. The number of hydrogen-bond acceptors (Lipinski definition) is 6. The van der Waals surface area contributed by atoms with Crippen LogP contribution in [0.25, 0.3) is 0 Å². The third-order valence-corrected chi connectivity index (χ3v) is 6.55. The van der Waals surface area contributed by atoms with Gasteiger partial charge in [0.05, 0.1) is 16.5 Å². The van der Waals surface area contributed by atoms with Crippen molar-refractivity contribution in [2.75, 3.05) is 18.1 Å². The van der Waals surface area contributed by atoms with Crippen molar-refractivity contribution in [1.29, 1.82) is 0 Å². The minimum atomic E-state index is -0.671.